The summed E-state index contributed by atoms with van der Waals surface area (Å²) < 4.78 is 5.75. The molecule has 3 rings (SSSR count). The second-order valence-corrected chi connectivity index (χ2v) is 6.75. The van der Waals surface area contributed by atoms with Crippen LogP contribution in [0.5, 0.6) is 5.75 Å². The Labute approximate surface area is 132 Å². The third-order valence-electron chi connectivity index (χ3n) is 5.16. The van der Waals surface area contributed by atoms with Gasteiger partial charge in [0.15, 0.2) is 6.61 Å². The lowest BCUT2D eigenvalue weighted by atomic mass is 9.78. The van der Waals surface area contributed by atoms with Crippen molar-refractivity contribution in [2.75, 3.05) is 19.7 Å². The predicted molar refractivity (Wildman–Crippen MR) is 87.1 cm³/mol. The van der Waals surface area contributed by atoms with E-state index in [0.29, 0.717) is 6.04 Å². The maximum atomic E-state index is 12.7. The SMILES string of the molecule is Cc1ccccc1OCC(=O)N1CCC[C@]2(C)NCCC[C@@H]12. The van der Waals surface area contributed by atoms with Crippen molar-refractivity contribution < 1.29 is 9.53 Å². The molecule has 2 saturated heterocycles. The van der Waals surface area contributed by atoms with Crippen molar-refractivity contribution in [3.05, 3.63) is 29.8 Å². The number of hydrogen-bond donors (Lipinski definition) is 1. The van der Waals surface area contributed by atoms with Crippen LogP contribution in [0.3, 0.4) is 0 Å². The molecule has 0 bridgehead atoms. The van der Waals surface area contributed by atoms with Gasteiger partial charge in [-0.3, -0.25) is 4.79 Å². The molecule has 1 aromatic carbocycles. The number of nitrogens with one attached hydrogen (secondary N) is 1. The molecule has 1 amide bonds. The molecule has 0 spiro atoms. The second kappa shape index (κ2) is 6.29. The van der Waals surface area contributed by atoms with Gasteiger partial charge in [0.1, 0.15) is 5.75 Å². The number of carbonyl (C=O) groups excluding carboxylic acids is 1. The fraction of sp³-hybridized carbons (Fsp3) is 0.611. The largest absolute Gasteiger partial charge is 0.484 e. The normalized spacial score (nSPS) is 28.1. The molecule has 0 saturated carbocycles. The Morgan fingerprint density at radius 1 is 1.41 bits per heavy atom. The lowest BCUT2D eigenvalue weighted by Gasteiger charge is -2.51. The van der Waals surface area contributed by atoms with Gasteiger partial charge in [0.05, 0.1) is 0 Å². The van der Waals surface area contributed by atoms with Crippen LogP contribution in [0.4, 0.5) is 0 Å². The molecule has 4 heteroatoms. The first-order valence-electron chi connectivity index (χ1n) is 8.33. The quantitative estimate of drug-likeness (QED) is 0.933. The molecule has 1 aromatic rings. The number of para-hydroxylation sites is 1. The van der Waals surface area contributed by atoms with E-state index in [2.05, 4.69) is 12.2 Å². The summed E-state index contributed by atoms with van der Waals surface area (Å²) in [6, 6.07) is 8.15. The Kier molecular flexibility index (Phi) is 4.39. The first kappa shape index (κ1) is 15.3. The Morgan fingerprint density at radius 3 is 3.05 bits per heavy atom. The first-order valence-corrected chi connectivity index (χ1v) is 8.33. The van der Waals surface area contributed by atoms with Crippen LogP contribution in [0.2, 0.25) is 0 Å². The number of piperidine rings is 2. The van der Waals surface area contributed by atoms with E-state index in [1.54, 1.807) is 0 Å². The molecule has 2 atom stereocenters. The molecule has 2 heterocycles. The van der Waals surface area contributed by atoms with Gasteiger partial charge in [0.25, 0.3) is 5.91 Å². The number of aryl methyl sites for hydroxylation is 1. The molecule has 0 aromatic heterocycles. The van der Waals surface area contributed by atoms with Gasteiger partial charge in [-0.2, -0.15) is 0 Å². The molecular weight excluding hydrogens is 276 g/mol. The molecule has 0 unspecified atom stereocenters. The van der Waals surface area contributed by atoms with Gasteiger partial charge in [-0.15, -0.1) is 0 Å². The zero-order valence-corrected chi connectivity index (χ0v) is 13.6. The number of hydrogen-bond acceptors (Lipinski definition) is 3. The summed E-state index contributed by atoms with van der Waals surface area (Å²) in [4.78, 5) is 14.7. The van der Waals surface area contributed by atoms with E-state index in [-0.39, 0.29) is 18.1 Å². The average Bonchev–Trinajstić information content (AvgIpc) is 2.52. The molecule has 2 aliphatic heterocycles. The highest BCUT2D eigenvalue weighted by atomic mass is 16.5. The van der Waals surface area contributed by atoms with Crippen LogP contribution in [-0.4, -0.2) is 42.1 Å². The van der Waals surface area contributed by atoms with Crippen molar-refractivity contribution in [3.8, 4) is 5.75 Å². The van der Waals surface area contributed by atoms with Crippen LogP contribution in [0.15, 0.2) is 24.3 Å². The van der Waals surface area contributed by atoms with Crippen molar-refractivity contribution in [2.24, 2.45) is 0 Å². The van der Waals surface area contributed by atoms with Gasteiger partial charge in [-0.25, -0.2) is 0 Å². The van der Waals surface area contributed by atoms with Crippen molar-refractivity contribution in [3.63, 3.8) is 0 Å². The Morgan fingerprint density at radius 2 is 2.23 bits per heavy atom. The number of fused-ring (bicyclic) bond motifs is 1. The summed E-state index contributed by atoms with van der Waals surface area (Å²) in [6.07, 6.45) is 4.46. The van der Waals surface area contributed by atoms with Crippen LogP contribution in [0.1, 0.15) is 38.2 Å². The van der Waals surface area contributed by atoms with Crippen molar-refractivity contribution in [1.82, 2.24) is 10.2 Å². The summed E-state index contributed by atoms with van der Waals surface area (Å²) in [5, 5.41) is 3.63. The second-order valence-electron chi connectivity index (χ2n) is 6.75. The van der Waals surface area contributed by atoms with Gasteiger partial charge in [-0.1, -0.05) is 18.2 Å². The maximum absolute atomic E-state index is 12.7. The highest BCUT2D eigenvalue weighted by molar-refractivity contribution is 5.78. The molecule has 0 radical (unpaired) electrons. The van der Waals surface area contributed by atoms with E-state index < -0.39 is 0 Å². The number of nitrogens with zero attached hydrogens (tertiary/aromatic N) is 1. The number of likely N-dealkylation sites (tertiary alicyclic amines) is 1. The summed E-state index contributed by atoms with van der Waals surface area (Å²) in [7, 11) is 0. The Balaban J connectivity index is 1.65. The summed E-state index contributed by atoms with van der Waals surface area (Å²) in [6.45, 7) is 6.32. The topological polar surface area (TPSA) is 41.6 Å². The third-order valence-corrected chi connectivity index (χ3v) is 5.16. The van der Waals surface area contributed by atoms with Crippen LogP contribution < -0.4 is 10.1 Å². The van der Waals surface area contributed by atoms with Crippen LogP contribution >= 0.6 is 0 Å². The van der Waals surface area contributed by atoms with E-state index >= 15 is 0 Å². The minimum absolute atomic E-state index is 0.0782. The summed E-state index contributed by atoms with van der Waals surface area (Å²) in [5.41, 5.74) is 1.15. The summed E-state index contributed by atoms with van der Waals surface area (Å²) >= 11 is 0. The number of benzene rings is 1. The number of amides is 1. The van der Waals surface area contributed by atoms with E-state index in [0.717, 1.165) is 50.1 Å². The molecule has 4 nitrogen and oxygen atoms in total. The average molecular weight is 302 g/mol. The smallest absolute Gasteiger partial charge is 0.260 e. The fourth-order valence-electron chi connectivity index (χ4n) is 3.87. The molecule has 1 N–H and O–H groups in total. The van der Waals surface area contributed by atoms with Gasteiger partial charge < -0.3 is 15.0 Å². The monoisotopic (exact) mass is 302 g/mol. The minimum Gasteiger partial charge on any atom is -0.484 e. The van der Waals surface area contributed by atoms with Crippen LogP contribution in [-0.2, 0) is 4.79 Å². The molecular formula is C18H26N2O2. The Hall–Kier alpha value is -1.55. The van der Waals surface area contributed by atoms with E-state index in [1.807, 2.05) is 36.1 Å². The zero-order chi connectivity index (χ0) is 15.6. The van der Waals surface area contributed by atoms with E-state index in [9.17, 15) is 4.79 Å². The third kappa shape index (κ3) is 2.98. The molecule has 120 valence electrons. The summed E-state index contributed by atoms with van der Waals surface area (Å²) in [5.74, 6) is 0.917. The van der Waals surface area contributed by atoms with E-state index in [1.165, 1.54) is 0 Å². The minimum atomic E-state index is 0.0782. The van der Waals surface area contributed by atoms with Gasteiger partial charge in [0, 0.05) is 18.1 Å². The molecule has 0 aliphatic carbocycles. The standard InChI is InChI=1S/C18H26N2O2/c1-14-7-3-4-8-15(14)22-13-17(21)20-12-6-10-18(2)16(20)9-5-11-19-18/h3-4,7-8,16,19H,5-6,9-13H2,1-2H3/t16-,18+/m1/s1. The number of rotatable bonds is 3. The van der Waals surface area contributed by atoms with Crippen molar-refractivity contribution in [2.45, 2.75) is 51.1 Å². The highest BCUT2D eigenvalue weighted by Gasteiger charge is 2.44. The van der Waals surface area contributed by atoms with Gasteiger partial charge >= 0.3 is 0 Å². The van der Waals surface area contributed by atoms with Crippen molar-refractivity contribution in [1.29, 1.82) is 0 Å². The zero-order valence-electron chi connectivity index (χ0n) is 13.6. The van der Waals surface area contributed by atoms with Crippen LogP contribution in [0, 0.1) is 6.92 Å². The van der Waals surface area contributed by atoms with Crippen LogP contribution in [0.25, 0.3) is 0 Å². The number of ether oxygens (including phenoxy) is 1. The first-order chi connectivity index (χ1) is 10.6. The van der Waals surface area contributed by atoms with Gasteiger partial charge in [0.2, 0.25) is 0 Å². The lowest BCUT2D eigenvalue weighted by molar-refractivity contribution is -0.140. The molecule has 2 aliphatic rings. The molecule has 22 heavy (non-hydrogen) atoms. The Bertz CT molecular complexity index is 542. The van der Waals surface area contributed by atoms with E-state index in [4.69, 9.17) is 4.74 Å². The maximum Gasteiger partial charge on any atom is 0.260 e. The lowest BCUT2D eigenvalue weighted by Crippen LogP contribution is -2.66. The molecule has 2 fully saturated rings. The predicted octanol–water partition coefficient (Wildman–Crippen LogP) is 2.51. The van der Waals surface area contributed by atoms with Gasteiger partial charge in [-0.05, 0) is 57.7 Å². The highest BCUT2D eigenvalue weighted by Crippen LogP contribution is 2.33. The van der Waals surface area contributed by atoms with Crippen molar-refractivity contribution >= 4 is 5.91 Å². The number of carbonyl (C=O) groups is 1. The fourth-order valence-corrected chi connectivity index (χ4v) is 3.87.